The largest absolute Gasteiger partial charge is 0.478 e. The SMILES string of the molecule is C[C@H]1[C@@H]2[C@@H](O[C@H]3O[C@@H](CO)[C@H](O)[C@@H](O)[C@@H]3O)OC=C(C(=O)O)[C@@H]2C[C@@H]1OC(=O)c1cccc(OC(=O)c2cccc(O[C@H]3O[C@@H](CO)[C@H](O)[C@@H](O)[C@@H]3O)c2)c1. The van der Waals surface area contributed by atoms with Crippen molar-refractivity contribution >= 4 is 17.9 Å². The van der Waals surface area contributed by atoms with Crippen LogP contribution in [-0.2, 0) is 28.5 Å². The second-order valence-corrected chi connectivity index (χ2v) is 13.7. The highest BCUT2D eigenvalue weighted by molar-refractivity contribution is 5.93. The van der Waals surface area contributed by atoms with Gasteiger partial charge in [-0.05, 0) is 42.8 Å². The van der Waals surface area contributed by atoms with Crippen molar-refractivity contribution in [2.45, 2.75) is 87.2 Å². The molecule has 3 fully saturated rings. The smallest absolute Gasteiger partial charge is 0.343 e. The van der Waals surface area contributed by atoms with Gasteiger partial charge in [-0.2, -0.15) is 0 Å². The molecule has 55 heavy (non-hydrogen) atoms. The summed E-state index contributed by atoms with van der Waals surface area (Å²) in [6.45, 7) is 0.331. The van der Waals surface area contributed by atoms with E-state index in [1.807, 2.05) is 0 Å². The summed E-state index contributed by atoms with van der Waals surface area (Å²) in [5, 5.41) is 90.0. The van der Waals surface area contributed by atoms with Gasteiger partial charge < -0.3 is 79.1 Å². The number of aliphatic carboxylic acids is 1. The van der Waals surface area contributed by atoms with E-state index in [0.29, 0.717) is 0 Å². The van der Waals surface area contributed by atoms with Crippen LogP contribution in [0.1, 0.15) is 34.1 Å². The third-order valence-electron chi connectivity index (χ3n) is 10.3. The van der Waals surface area contributed by atoms with E-state index < -0.39 is 123 Å². The predicted molar refractivity (Wildman–Crippen MR) is 178 cm³/mol. The fourth-order valence-electron chi connectivity index (χ4n) is 7.18. The number of rotatable bonds is 11. The first-order chi connectivity index (χ1) is 26.2. The highest BCUT2D eigenvalue weighted by Crippen LogP contribution is 2.48. The van der Waals surface area contributed by atoms with Crippen molar-refractivity contribution in [1.82, 2.24) is 0 Å². The maximum absolute atomic E-state index is 13.4. The van der Waals surface area contributed by atoms with E-state index >= 15 is 0 Å². The molecule has 300 valence electrons. The van der Waals surface area contributed by atoms with E-state index in [4.69, 9.17) is 33.2 Å². The first-order valence-corrected chi connectivity index (χ1v) is 17.4. The Morgan fingerprint density at radius 3 is 1.91 bits per heavy atom. The molecule has 9 N–H and O–H groups in total. The van der Waals surface area contributed by atoms with Crippen molar-refractivity contribution in [2.24, 2.45) is 17.8 Å². The number of carboxylic acids is 1. The minimum Gasteiger partial charge on any atom is -0.478 e. The summed E-state index contributed by atoms with van der Waals surface area (Å²) in [6.07, 6.45) is -16.7. The first kappa shape index (κ1) is 40.4. The van der Waals surface area contributed by atoms with Gasteiger partial charge in [-0.25, -0.2) is 14.4 Å². The molecule has 0 amide bonds. The molecule has 0 spiro atoms. The summed E-state index contributed by atoms with van der Waals surface area (Å²) >= 11 is 0. The van der Waals surface area contributed by atoms with Crippen LogP contribution in [0.5, 0.6) is 11.5 Å². The van der Waals surface area contributed by atoms with Crippen LogP contribution in [0.3, 0.4) is 0 Å². The second kappa shape index (κ2) is 16.9. The quantitative estimate of drug-likeness (QED) is 0.0882. The van der Waals surface area contributed by atoms with Gasteiger partial charge in [0, 0.05) is 17.8 Å². The molecule has 1 aliphatic carbocycles. The predicted octanol–water partition coefficient (Wildman–Crippen LogP) is -1.98. The lowest BCUT2D eigenvalue weighted by molar-refractivity contribution is -0.342. The zero-order valence-electron chi connectivity index (χ0n) is 29.1. The number of esters is 2. The molecule has 0 aromatic heterocycles. The normalized spacial score (nSPS) is 37.2. The topological polar surface area (TPSA) is 298 Å². The monoisotopic (exact) mass is 778 g/mol. The van der Waals surface area contributed by atoms with E-state index in [9.17, 15) is 60.3 Å². The summed E-state index contributed by atoms with van der Waals surface area (Å²) in [5.74, 6) is -5.07. The number of aliphatic hydroxyl groups excluding tert-OH is 8. The maximum atomic E-state index is 13.4. The molecule has 0 radical (unpaired) electrons. The third-order valence-corrected chi connectivity index (χ3v) is 10.3. The van der Waals surface area contributed by atoms with Crippen molar-refractivity contribution in [1.29, 1.82) is 0 Å². The summed E-state index contributed by atoms with van der Waals surface area (Å²) in [6, 6.07) is 11.1. The number of carboxylic acid groups (broad SMARTS) is 1. The minimum atomic E-state index is -1.75. The van der Waals surface area contributed by atoms with Crippen molar-refractivity contribution in [2.75, 3.05) is 13.2 Å². The molecule has 2 saturated heterocycles. The lowest BCUT2D eigenvalue weighted by atomic mass is 9.83. The molecule has 0 bridgehead atoms. The van der Waals surface area contributed by atoms with Gasteiger partial charge in [0.25, 0.3) is 0 Å². The van der Waals surface area contributed by atoms with Crippen molar-refractivity contribution < 1.29 is 93.5 Å². The van der Waals surface area contributed by atoms with Crippen LogP contribution in [-0.4, -0.2) is 151 Å². The summed E-state index contributed by atoms with van der Waals surface area (Å²) in [4.78, 5) is 38.6. The van der Waals surface area contributed by atoms with Gasteiger partial charge >= 0.3 is 17.9 Å². The van der Waals surface area contributed by atoms with Gasteiger partial charge in [-0.3, -0.25) is 0 Å². The average molecular weight is 779 g/mol. The second-order valence-electron chi connectivity index (χ2n) is 13.7. The fraction of sp³-hybridized carbons (Fsp3) is 0.528. The summed E-state index contributed by atoms with van der Waals surface area (Å²) in [7, 11) is 0. The summed E-state index contributed by atoms with van der Waals surface area (Å²) < 4.78 is 39.1. The molecule has 15 atom stereocenters. The average Bonchev–Trinajstić information content (AvgIpc) is 3.50. The number of hydrogen-bond acceptors (Lipinski definition) is 18. The van der Waals surface area contributed by atoms with E-state index in [-0.39, 0.29) is 34.6 Å². The molecule has 2 aromatic rings. The Kier molecular flexibility index (Phi) is 12.4. The number of aliphatic hydroxyl groups is 8. The number of carbonyl (C=O) groups is 3. The number of ether oxygens (including phenoxy) is 7. The zero-order valence-corrected chi connectivity index (χ0v) is 29.1. The van der Waals surface area contributed by atoms with Gasteiger partial charge in [-0.1, -0.05) is 19.1 Å². The van der Waals surface area contributed by atoms with Crippen LogP contribution in [0.15, 0.2) is 60.4 Å². The van der Waals surface area contributed by atoms with Crippen molar-refractivity contribution in [3.05, 3.63) is 71.5 Å². The van der Waals surface area contributed by atoms with Crippen molar-refractivity contribution in [3.8, 4) is 11.5 Å². The Bertz CT molecular complexity index is 1730. The Labute approximate surface area is 312 Å². The molecule has 1 saturated carbocycles. The van der Waals surface area contributed by atoms with Crippen LogP contribution < -0.4 is 9.47 Å². The molecule has 19 nitrogen and oxygen atoms in total. The lowest BCUT2D eigenvalue weighted by Gasteiger charge is -2.43. The van der Waals surface area contributed by atoms with Crippen LogP contribution in [0.25, 0.3) is 0 Å². The molecular formula is C36H42O19. The minimum absolute atomic E-state index is 0.00792. The van der Waals surface area contributed by atoms with Crippen LogP contribution in [0.2, 0.25) is 0 Å². The highest BCUT2D eigenvalue weighted by atomic mass is 16.8. The third kappa shape index (κ3) is 8.32. The highest BCUT2D eigenvalue weighted by Gasteiger charge is 2.54. The number of hydrogen-bond donors (Lipinski definition) is 9. The molecule has 19 heteroatoms. The number of fused-ring (bicyclic) bond motifs is 1. The number of benzene rings is 2. The molecule has 4 aliphatic rings. The zero-order chi connectivity index (χ0) is 39.7. The Morgan fingerprint density at radius 2 is 1.29 bits per heavy atom. The molecular weight excluding hydrogens is 736 g/mol. The van der Waals surface area contributed by atoms with Gasteiger partial charge in [0.05, 0.1) is 36.2 Å². The Morgan fingerprint density at radius 1 is 0.727 bits per heavy atom. The van der Waals surface area contributed by atoms with E-state index in [2.05, 4.69) is 0 Å². The lowest BCUT2D eigenvalue weighted by Crippen LogP contribution is -2.60. The first-order valence-electron chi connectivity index (χ1n) is 17.4. The molecule has 3 heterocycles. The number of carbonyl (C=O) groups excluding carboxylic acids is 2. The molecule has 2 aromatic carbocycles. The van der Waals surface area contributed by atoms with Gasteiger partial charge in [0.2, 0.25) is 12.6 Å². The van der Waals surface area contributed by atoms with Gasteiger partial charge in [0.15, 0.2) is 6.29 Å². The van der Waals surface area contributed by atoms with Crippen LogP contribution in [0.4, 0.5) is 0 Å². The Balaban J connectivity index is 1.11. The van der Waals surface area contributed by atoms with Gasteiger partial charge in [0.1, 0.15) is 66.4 Å². The standard InChI is InChI=1S/C36H42O19/c1-14-21(10-19-20(31(45)46)13-49-34(24(14)19)55-36-30(44)28(42)26(40)23(12-38)54-36)52-33(48)16-5-2-6-17(8-16)50-32(47)15-4-3-7-18(9-15)51-35-29(43)27(41)25(39)22(11-37)53-35/h2-9,13-14,19,21-30,34-44H,10-12H2,1H3,(H,45,46)/t14-,19+,21+,22+,23+,24+,25+,26+,27-,28-,29+,30+,34-,35+,36-/m1/s1. The van der Waals surface area contributed by atoms with E-state index in [1.54, 1.807) is 6.92 Å². The van der Waals surface area contributed by atoms with Gasteiger partial charge in [-0.15, -0.1) is 0 Å². The Hall–Kier alpha value is -4.25. The van der Waals surface area contributed by atoms with Crippen molar-refractivity contribution in [3.63, 3.8) is 0 Å². The van der Waals surface area contributed by atoms with Crippen LogP contribution >= 0.6 is 0 Å². The van der Waals surface area contributed by atoms with Crippen LogP contribution in [0, 0.1) is 17.8 Å². The molecule has 3 aliphatic heterocycles. The maximum Gasteiger partial charge on any atom is 0.343 e. The molecule has 0 unspecified atom stereocenters. The van der Waals surface area contributed by atoms with E-state index in [0.717, 1.165) is 6.26 Å². The molecule has 6 rings (SSSR count). The summed E-state index contributed by atoms with van der Waals surface area (Å²) in [5.41, 5.74) is -0.130. The van der Waals surface area contributed by atoms with E-state index in [1.165, 1.54) is 48.5 Å². The fourth-order valence-corrected chi connectivity index (χ4v) is 7.18.